The molecular weight excluding hydrogens is 432 g/mol. The van der Waals surface area contributed by atoms with Gasteiger partial charge in [0.2, 0.25) is 0 Å². The Kier molecular flexibility index (Phi) is 5.23. The van der Waals surface area contributed by atoms with Gasteiger partial charge in [-0.05, 0) is 36.4 Å². The maximum absolute atomic E-state index is 12.8. The largest absolute Gasteiger partial charge is 0.457 e. The van der Waals surface area contributed by atoms with Gasteiger partial charge in [0.15, 0.2) is 4.32 Å². The second-order valence-corrected chi connectivity index (χ2v) is 8.06. The van der Waals surface area contributed by atoms with E-state index < -0.39 is 4.92 Å². The molecule has 2 heterocycles. The molecule has 0 atom stereocenters. The lowest BCUT2D eigenvalue weighted by atomic mass is 10.1. The van der Waals surface area contributed by atoms with Crippen molar-refractivity contribution < 1.29 is 14.1 Å². The Morgan fingerprint density at radius 1 is 1.14 bits per heavy atom. The molecule has 9 heteroatoms. The molecule has 29 heavy (non-hydrogen) atoms. The molecule has 1 aromatic heterocycles. The van der Waals surface area contributed by atoms with Crippen LogP contribution >= 0.6 is 35.6 Å². The van der Waals surface area contributed by atoms with Gasteiger partial charge in [0.25, 0.3) is 11.6 Å². The van der Waals surface area contributed by atoms with Gasteiger partial charge in [0, 0.05) is 17.7 Å². The van der Waals surface area contributed by atoms with Crippen LogP contribution in [-0.4, -0.2) is 15.2 Å². The van der Waals surface area contributed by atoms with Crippen LogP contribution in [0.4, 0.5) is 11.4 Å². The highest BCUT2D eigenvalue weighted by Gasteiger charge is 2.33. The molecule has 4 rings (SSSR count). The summed E-state index contributed by atoms with van der Waals surface area (Å²) in [5.74, 6) is 0.631. The van der Waals surface area contributed by atoms with Crippen LogP contribution in [0.1, 0.15) is 5.76 Å². The first-order valence-electron chi connectivity index (χ1n) is 8.31. The van der Waals surface area contributed by atoms with E-state index in [9.17, 15) is 14.9 Å². The van der Waals surface area contributed by atoms with E-state index in [4.69, 9.17) is 28.2 Å². The average molecular weight is 443 g/mol. The highest BCUT2D eigenvalue weighted by Crippen LogP contribution is 2.37. The molecule has 0 spiro atoms. The smallest absolute Gasteiger partial charge is 0.288 e. The van der Waals surface area contributed by atoms with Crippen molar-refractivity contribution in [2.45, 2.75) is 0 Å². The van der Waals surface area contributed by atoms with E-state index in [1.54, 1.807) is 24.3 Å². The average Bonchev–Trinajstić information content (AvgIpc) is 3.27. The Labute approximate surface area is 179 Å². The molecule has 1 aliphatic heterocycles. The molecule has 0 N–H and O–H groups in total. The SMILES string of the molecule is O=C1C(=Cc2ccc(-c3ccc(Cl)c([N+](=O)[O-])c3)o2)SC(=S)N1c1ccccc1. The van der Waals surface area contributed by atoms with Crippen molar-refractivity contribution in [3.8, 4) is 11.3 Å². The summed E-state index contributed by atoms with van der Waals surface area (Å²) in [7, 11) is 0. The number of para-hydroxylation sites is 1. The molecule has 3 aromatic rings. The van der Waals surface area contributed by atoms with Gasteiger partial charge < -0.3 is 4.42 Å². The number of nitro benzene ring substituents is 1. The third-order valence-electron chi connectivity index (χ3n) is 4.14. The van der Waals surface area contributed by atoms with Gasteiger partial charge in [-0.2, -0.15) is 0 Å². The first kappa shape index (κ1) is 19.4. The number of halogens is 1. The van der Waals surface area contributed by atoms with Crippen molar-refractivity contribution in [2.75, 3.05) is 4.90 Å². The highest BCUT2D eigenvalue weighted by atomic mass is 35.5. The Morgan fingerprint density at radius 2 is 1.90 bits per heavy atom. The molecule has 0 aliphatic carbocycles. The monoisotopic (exact) mass is 442 g/mol. The van der Waals surface area contributed by atoms with Crippen molar-refractivity contribution in [1.29, 1.82) is 0 Å². The van der Waals surface area contributed by atoms with Crippen LogP contribution in [0.5, 0.6) is 0 Å². The minimum Gasteiger partial charge on any atom is -0.457 e. The molecule has 0 unspecified atom stereocenters. The number of furan rings is 1. The number of hydrogen-bond acceptors (Lipinski definition) is 6. The summed E-state index contributed by atoms with van der Waals surface area (Å²) in [6, 6.07) is 16.9. The molecule has 0 bridgehead atoms. The number of nitrogens with zero attached hydrogens (tertiary/aromatic N) is 2. The van der Waals surface area contributed by atoms with Gasteiger partial charge in [-0.3, -0.25) is 19.8 Å². The van der Waals surface area contributed by atoms with Crippen molar-refractivity contribution in [3.05, 3.63) is 86.5 Å². The second kappa shape index (κ2) is 7.82. The summed E-state index contributed by atoms with van der Waals surface area (Å²) in [6.45, 7) is 0. The number of benzene rings is 2. The number of carbonyl (C=O) groups excluding carboxylic acids is 1. The van der Waals surface area contributed by atoms with Crippen LogP contribution in [0, 0.1) is 10.1 Å². The van der Waals surface area contributed by atoms with Crippen LogP contribution in [0.25, 0.3) is 17.4 Å². The molecule has 144 valence electrons. The molecule has 2 aromatic carbocycles. The molecule has 1 amide bonds. The zero-order chi connectivity index (χ0) is 20.5. The third kappa shape index (κ3) is 3.82. The van der Waals surface area contributed by atoms with E-state index in [0.29, 0.717) is 32.0 Å². The zero-order valence-corrected chi connectivity index (χ0v) is 17.0. The summed E-state index contributed by atoms with van der Waals surface area (Å²) in [5, 5.41) is 11.1. The number of thioether (sulfide) groups is 1. The Balaban J connectivity index is 1.62. The van der Waals surface area contributed by atoms with E-state index in [1.165, 1.54) is 28.8 Å². The number of nitro groups is 1. The molecule has 1 saturated heterocycles. The fourth-order valence-electron chi connectivity index (χ4n) is 2.79. The summed E-state index contributed by atoms with van der Waals surface area (Å²) < 4.78 is 6.20. The van der Waals surface area contributed by atoms with Crippen LogP contribution < -0.4 is 4.90 Å². The molecule has 1 aliphatic rings. The topological polar surface area (TPSA) is 76.6 Å². The number of carbonyl (C=O) groups is 1. The van der Waals surface area contributed by atoms with Crippen molar-refractivity contribution >= 4 is 63.3 Å². The summed E-state index contributed by atoms with van der Waals surface area (Å²) >= 11 is 12.4. The normalized spacial score (nSPS) is 15.3. The van der Waals surface area contributed by atoms with Gasteiger partial charge in [-0.25, -0.2) is 0 Å². The van der Waals surface area contributed by atoms with E-state index >= 15 is 0 Å². The standard InChI is InChI=1S/C20H11ClN2O4S2/c21-15-8-6-12(10-16(15)23(25)26)17-9-7-14(27-17)11-18-19(24)22(20(28)29-18)13-4-2-1-3-5-13/h1-11H. The lowest BCUT2D eigenvalue weighted by Gasteiger charge is -2.13. The predicted octanol–water partition coefficient (Wildman–Crippen LogP) is 5.91. The molecule has 0 saturated carbocycles. The van der Waals surface area contributed by atoms with Crippen molar-refractivity contribution in [3.63, 3.8) is 0 Å². The van der Waals surface area contributed by atoms with Crippen molar-refractivity contribution in [1.82, 2.24) is 0 Å². The van der Waals surface area contributed by atoms with Crippen LogP contribution in [0.15, 0.2) is 70.0 Å². The van der Waals surface area contributed by atoms with E-state index in [2.05, 4.69) is 0 Å². The summed E-state index contributed by atoms with van der Waals surface area (Å²) in [6.07, 6.45) is 1.61. The van der Waals surface area contributed by atoms with Gasteiger partial charge in [0.05, 0.1) is 15.5 Å². The summed E-state index contributed by atoms with van der Waals surface area (Å²) in [5.41, 5.74) is 1.01. The van der Waals surface area contributed by atoms with E-state index in [0.717, 1.165) is 0 Å². The van der Waals surface area contributed by atoms with E-state index in [1.807, 2.05) is 30.3 Å². The second-order valence-electron chi connectivity index (χ2n) is 5.98. The maximum Gasteiger partial charge on any atom is 0.288 e. The number of amides is 1. The lowest BCUT2D eigenvalue weighted by Crippen LogP contribution is -2.27. The number of hydrogen-bond donors (Lipinski definition) is 0. The first-order chi connectivity index (χ1) is 13.9. The number of thiocarbonyl (C=S) groups is 1. The fourth-order valence-corrected chi connectivity index (χ4v) is 4.25. The Bertz CT molecular complexity index is 1170. The Morgan fingerprint density at radius 3 is 2.62 bits per heavy atom. The molecule has 1 fully saturated rings. The van der Waals surface area contributed by atoms with Crippen LogP contribution in [-0.2, 0) is 4.79 Å². The molecular formula is C20H11ClN2O4S2. The lowest BCUT2D eigenvalue weighted by molar-refractivity contribution is -0.384. The predicted molar refractivity (Wildman–Crippen MR) is 118 cm³/mol. The summed E-state index contributed by atoms with van der Waals surface area (Å²) in [4.78, 5) is 25.2. The highest BCUT2D eigenvalue weighted by molar-refractivity contribution is 8.27. The fraction of sp³-hybridized carbons (Fsp3) is 0. The van der Waals surface area contributed by atoms with Crippen LogP contribution in [0.3, 0.4) is 0 Å². The number of anilines is 1. The van der Waals surface area contributed by atoms with Gasteiger partial charge >= 0.3 is 0 Å². The van der Waals surface area contributed by atoms with Gasteiger partial charge in [0.1, 0.15) is 16.5 Å². The zero-order valence-electron chi connectivity index (χ0n) is 14.6. The molecule has 0 radical (unpaired) electrons. The third-order valence-corrected chi connectivity index (χ3v) is 5.76. The first-order valence-corrected chi connectivity index (χ1v) is 9.91. The Hall–Kier alpha value is -2.94. The van der Waals surface area contributed by atoms with E-state index in [-0.39, 0.29) is 16.6 Å². The maximum atomic E-state index is 12.8. The minimum absolute atomic E-state index is 0.0510. The minimum atomic E-state index is -0.551. The van der Waals surface area contributed by atoms with Gasteiger partial charge in [-0.1, -0.05) is 53.8 Å². The quantitative estimate of drug-likeness (QED) is 0.216. The van der Waals surface area contributed by atoms with Crippen LogP contribution in [0.2, 0.25) is 5.02 Å². The molecule has 6 nitrogen and oxygen atoms in total. The van der Waals surface area contributed by atoms with Gasteiger partial charge in [-0.15, -0.1) is 0 Å². The number of rotatable bonds is 4. The van der Waals surface area contributed by atoms with Crippen molar-refractivity contribution in [2.24, 2.45) is 0 Å².